The highest BCUT2D eigenvalue weighted by molar-refractivity contribution is 8.15. The van der Waals surface area contributed by atoms with Crippen LogP contribution in [-0.4, -0.2) is 25.4 Å². The zero-order valence-corrected chi connectivity index (χ0v) is 13.2. The molecule has 1 aliphatic heterocycles. The van der Waals surface area contributed by atoms with Crippen LogP contribution in [0, 0.1) is 5.92 Å². The summed E-state index contributed by atoms with van der Waals surface area (Å²) in [7, 11) is -3.63. The number of nitrogens with two attached hydrogens (primary N) is 1. The summed E-state index contributed by atoms with van der Waals surface area (Å²) < 4.78 is 22.3. The third-order valence-electron chi connectivity index (χ3n) is 2.89. The van der Waals surface area contributed by atoms with E-state index in [1.54, 1.807) is 23.9 Å². The Balaban J connectivity index is 1.95. The number of sulfonamides is 1. The fourth-order valence-corrected chi connectivity index (χ4v) is 3.77. The molecule has 0 amide bonds. The van der Waals surface area contributed by atoms with Gasteiger partial charge in [0.05, 0.1) is 11.4 Å². The van der Waals surface area contributed by atoms with Crippen molar-refractivity contribution < 1.29 is 8.42 Å². The maximum Gasteiger partial charge on any atom is 0.238 e. The highest BCUT2D eigenvalue weighted by Crippen LogP contribution is 2.27. The highest BCUT2D eigenvalue weighted by atomic mass is 32.2. The number of anilines is 1. The minimum atomic E-state index is -3.63. The number of nitrogens with one attached hydrogen (secondary N) is 1. The van der Waals surface area contributed by atoms with Gasteiger partial charge in [0.2, 0.25) is 10.0 Å². The Morgan fingerprint density at radius 3 is 2.60 bits per heavy atom. The minimum absolute atomic E-state index is 0.113. The summed E-state index contributed by atoms with van der Waals surface area (Å²) in [5.74, 6) is 0.663. The number of amidine groups is 1. The summed E-state index contributed by atoms with van der Waals surface area (Å²) >= 11 is 1.74. The second-order valence-corrected chi connectivity index (χ2v) is 8.06. The van der Waals surface area contributed by atoms with Crippen molar-refractivity contribution in [3.63, 3.8) is 0 Å². The van der Waals surface area contributed by atoms with Crippen LogP contribution in [0.3, 0.4) is 0 Å². The van der Waals surface area contributed by atoms with Crippen molar-refractivity contribution in [2.45, 2.75) is 30.4 Å². The second kappa shape index (κ2) is 6.15. The highest BCUT2D eigenvalue weighted by Gasteiger charge is 2.20. The zero-order chi connectivity index (χ0) is 14.8. The number of thioether (sulfide) groups is 1. The van der Waals surface area contributed by atoms with Crippen molar-refractivity contribution in [2.24, 2.45) is 16.0 Å². The maximum absolute atomic E-state index is 11.2. The smallest absolute Gasteiger partial charge is 0.238 e. The molecule has 2 rings (SSSR count). The molecule has 1 aromatic rings. The lowest BCUT2D eigenvalue weighted by Gasteiger charge is -2.11. The van der Waals surface area contributed by atoms with Crippen molar-refractivity contribution in [3.8, 4) is 0 Å². The lowest BCUT2D eigenvalue weighted by atomic mass is 10.1. The minimum Gasteiger partial charge on any atom is -0.335 e. The molecule has 5 nitrogen and oxygen atoms in total. The fraction of sp³-hybridized carbons (Fsp3) is 0.462. The molecule has 20 heavy (non-hydrogen) atoms. The van der Waals surface area contributed by atoms with E-state index < -0.39 is 10.0 Å². The Morgan fingerprint density at radius 1 is 1.40 bits per heavy atom. The molecular formula is C13H19N3O2S2. The van der Waals surface area contributed by atoms with Gasteiger partial charge in [0.15, 0.2) is 5.17 Å². The number of primary sulfonamides is 1. The second-order valence-electron chi connectivity index (χ2n) is 5.21. The van der Waals surface area contributed by atoms with E-state index in [2.05, 4.69) is 24.2 Å². The first-order chi connectivity index (χ1) is 9.34. The van der Waals surface area contributed by atoms with Gasteiger partial charge in [0, 0.05) is 10.9 Å². The van der Waals surface area contributed by atoms with E-state index in [0.29, 0.717) is 11.2 Å². The summed E-state index contributed by atoms with van der Waals surface area (Å²) in [6, 6.07) is 6.37. The van der Waals surface area contributed by atoms with Gasteiger partial charge in [-0.05, 0) is 36.6 Å². The molecular weight excluding hydrogens is 294 g/mol. The molecule has 1 heterocycles. The van der Waals surface area contributed by atoms with E-state index >= 15 is 0 Å². The van der Waals surface area contributed by atoms with Gasteiger partial charge in [-0.3, -0.25) is 4.99 Å². The topological polar surface area (TPSA) is 84.5 Å². The van der Waals surface area contributed by atoms with Gasteiger partial charge >= 0.3 is 0 Å². The van der Waals surface area contributed by atoms with Crippen molar-refractivity contribution >= 4 is 32.6 Å². The molecule has 1 aliphatic rings. The third kappa shape index (κ3) is 4.22. The Hall–Kier alpha value is -1.05. The van der Waals surface area contributed by atoms with E-state index in [-0.39, 0.29) is 4.90 Å². The van der Waals surface area contributed by atoms with E-state index in [4.69, 9.17) is 5.14 Å². The predicted molar refractivity (Wildman–Crippen MR) is 84.6 cm³/mol. The molecule has 0 radical (unpaired) electrons. The Kier molecular flexibility index (Phi) is 4.72. The van der Waals surface area contributed by atoms with Gasteiger partial charge in [0.25, 0.3) is 0 Å². The monoisotopic (exact) mass is 313 g/mol. The summed E-state index contributed by atoms with van der Waals surface area (Å²) in [5, 5.41) is 9.68. The molecule has 7 heteroatoms. The first-order valence-corrected chi connectivity index (χ1v) is 8.88. The van der Waals surface area contributed by atoms with Crippen molar-refractivity contribution in [2.75, 3.05) is 11.9 Å². The number of aliphatic imine (C=N–C) groups is 1. The third-order valence-corrected chi connectivity index (χ3v) is 4.94. The number of hydrogen-bond donors (Lipinski definition) is 2. The van der Waals surface area contributed by atoms with Gasteiger partial charge in [-0.1, -0.05) is 25.6 Å². The number of benzene rings is 1. The first kappa shape index (κ1) is 15.3. The normalized spacial score (nSPS) is 19.2. The molecule has 110 valence electrons. The van der Waals surface area contributed by atoms with Crippen LogP contribution in [0.5, 0.6) is 0 Å². The van der Waals surface area contributed by atoms with Crippen LogP contribution in [0.4, 0.5) is 5.69 Å². The van der Waals surface area contributed by atoms with E-state index in [0.717, 1.165) is 23.8 Å². The van der Waals surface area contributed by atoms with E-state index in [1.165, 1.54) is 12.1 Å². The summed E-state index contributed by atoms with van der Waals surface area (Å²) in [5.41, 5.74) is 0.814. The summed E-state index contributed by atoms with van der Waals surface area (Å²) in [6.07, 6.45) is 1.14. The van der Waals surface area contributed by atoms with Gasteiger partial charge in [0.1, 0.15) is 0 Å². The SMILES string of the molecule is CC(C)CC1CN=C(Nc2ccc(S(N)(=O)=O)cc2)S1. The van der Waals surface area contributed by atoms with Crippen molar-refractivity contribution in [3.05, 3.63) is 24.3 Å². The van der Waals surface area contributed by atoms with Crippen molar-refractivity contribution in [1.82, 2.24) is 0 Å². The fourth-order valence-electron chi connectivity index (χ4n) is 1.99. The molecule has 0 bridgehead atoms. The van der Waals surface area contributed by atoms with Crippen LogP contribution in [0.25, 0.3) is 0 Å². The molecule has 0 aliphatic carbocycles. The average Bonchev–Trinajstić information content (AvgIpc) is 2.75. The molecule has 0 saturated carbocycles. The lowest BCUT2D eigenvalue weighted by Crippen LogP contribution is -2.12. The summed E-state index contributed by atoms with van der Waals surface area (Å²) in [6.45, 7) is 5.25. The quantitative estimate of drug-likeness (QED) is 0.893. The molecule has 0 saturated heterocycles. The number of rotatable bonds is 4. The van der Waals surface area contributed by atoms with E-state index in [1.807, 2.05) is 0 Å². The van der Waals surface area contributed by atoms with Crippen LogP contribution >= 0.6 is 11.8 Å². The molecule has 0 aromatic heterocycles. The first-order valence-electron chi connectivity index (χ1n) is 6.45. The molecule has 3 N–H and O–H groups in total. The van der Waals surface area contributed by atoms with E-state index in [9.17, 15) is 8.42 Å². The van der Waals surface area contributed by atoms with Crippen molar-refractivity contribution in [1.29, 1.82) is 0 Å². The number of hydrogen-bond acceptors (Lipinski definition) is 5. The van der Waals surface area contributed by atoms with Crippen LogP contribution in [0.2, 0.25) is 0 Å². The van der Waals surface area contributed by atoms with Crippen LogP contribution in [0.1, 0.15) is 20.3 Å². The molecule has 1 atom stereocenters. The van der Waals surface area contributed by atoms with Gasteiger partial charge in [-0.2, -0.15) is 0 Å². The molecule has 1 aromatic carbocycles. The standard InChI is InChI=1S/C13H19N3O2S2/c1-9(2)7-11-8-15-13(19-11)16-10-3-5-12(6-4-10)20(14,17)18/h3-6,9,11H,7-8H2,1-2H3,(H,15,16)(H2,14,17,18). The zero-order valence-electron chi connectivity index (χ0n) is 11.5. The Labute approximate surface area is 124 Å². The predicted octanol–water partition coefficient (Wildman–Crippen LogP) is 2.26. The Morgan fingerprint density at radius 2 is 2.05 bits per heavy atom. The van der Waals surface area contributed by atoms with Crippen LogP contribution in [-0.2, 0) is 10.0 Å². The number of nitrogens with zero attached hydrogens (tertiary/aromatic N) is 1. The lowest BCUT2D eigenvalue weighted by molar-refractivity contribution is 0.575. The van der Waals surface area contributed by atoms with Gasteiger partial charge in [-0.25, -0.2) is 13.6 Å². The molecule has 0 spiro atoms. The van der Waals surface area contributed by atoms with Crippen LogP contribution < -0.4 is 10.5 Å². The molecule has 0 fully saturated rings. The summed E-state index contributed by atoms with van der Waals surface area (Å²) in [4.78, 5) is 4.57. The van der Waals surface area contributed by atoms with Gasteiger partial charge in [-0.15, -0.1) is 0 Å². The molecule has 1 unspecified atom stereocenters. The maximum atomic E-state index is 11.2. The Bertz CT molecular complexity index is 595. The average molecular weight is 313 g/mol. The largest absolute Gasteiger partial charge is 0.335 e. The van der Waals surface area contributed by atoms with Crippen LogP contribution in [0.15, 0.2) is 34.2 Å². The van der Waals surface area contributed by atoms with Gasteiger partial charge < -0.3 is 5.32 Å².